The van der Waals surface area contributed by atoms with E-state index in [0.717, 1.165) is 5.56 Å². The summed E-state index contributed by atoms with van der Waals surface area (Å²) in [6.07, 6.45) is 4.01. The Morgan fingerprint density at radius 1 is 1.10 bits per heavy atom. The molecule has 0 aliphatic carbocycles. The summed E-state index contributed by atoms with van der Waals surface area (Å²) in [5.41, 5.74) is 2.05. The number of pyridine rings is 1. The summed E-state index contributed by atoms with van der Waals surface area (Å²) in [5.74, 6) is 0.429. The van der Waals surface area contributed by atoms with Gasteiger partial charge in [-0.1, -0.05) is 11.2 Å². The molecule has 0 unspecified atom stereocenters. The number of halogens is 1. The molecular weight excluding hydrogens is 623 g/mol. The monoisotopic (exact) mass is 658 g/mol. The van der Waals surface area contributed by atoms with Gasteiger partial charge in [0, 0.05) is 69.3 Å². The number of fused-ring (bicyclic) bond motifs is 5. The van der Waals surface area contributed by atoms with Gasteiger partial charge in [-0.05, 0) is 53.9 Å². The standard InChI is InChI=1S/C34H35FN6O7/c1-45-28-6-4-21-5-7-30(42)37-17-22-13-24(35)16-25(14-22)47-27-10-12-41(19-26(27)38-31(43)20-46-29(28)15-21)33(44)9-8-32-39-34(40-48-32)23-3-2-11-36-18-23/h2-4,6,11,13-16,18,26-27H,5,7-10,12,17,19-20H2,1H3,(H,37,42)(H,38,43)/t26-,27-/m1/s1. The number of likely N-dealkylation sites (tertiary alicyclic amines) is 1. The molecule has 14 heteroatoms. The highest BCUT2D eigenvalue weighted by Crippen LogP contribution is 2.29. The second kappa shape index (κ2) is 14.9. The first-order chi connectivity index (χ1) is 23.3. The largest absolute Gasteiger partial charge is 0.493 e. The second-order valence-electron chi connectivity index (χ2n) is 11.6. The van der Waals surface area contributed by atoms with Crippen LogP contribution < -0.4 is 24.8 Å². The van der Waals surface area contributed by atoms with Crippen LogP contribution in [0.25, 0.3) is 11.4 Å². The lowest BCUT2D eigenvalue weighted by Gasteiger charge is -2.39. The molecule has 0 saturated carbocycles. The molecule has 2 aliphatic heterocycles. The van der Waals surface area contributed by atoms with Crippen molar-refractivity contribution >= 4 is 17.7 Å². The van der Waals surface area contributed by atoms with Crippen molar-refractivity contribution in [1.82, 2.24) is 30.7 Å². The molecule has 4 heterocycles. The smallest absolute Gasteiger partial charge is 0.258 e. The van der Waals surface area contributed by atoms with E-state index in [4.69, 9.17) is 18.7 Å². The number of hydrogen-bond donors (Lipinski definition) is 2. The summed E-state index contributed by atoms with van der Waals surface area (Å²) < 4.78 is 37.5. The maximum atomic E-state index is 14.6. The highest BCUT2D eigenvalue weighted by molar-refractivity contribution is 5.79. The van der Waals surface area contributed by atoms with Crippen LogP contribution in [0.15, 0.2) is 65.4 Å². The van der Waals surface area contributed by atoms with E-state index in [2.05, 4.69) is 25.8 Å². The number of aryl methyl sites for hydroxylation is 2. The van der Waals surface area contributed by atoms with Crippen molar-refractivity contribution in [3.63, 3.8) is 0 Å². The van der Waals surface area contributed by atoms with Gasteiger partial charge < -0.3 is 34.3 Å². The lowest BCUT2D eigenvalue weighted by molar-refractivity contribution is -0.135. The number of rotatable bonds is 5. The second-order valence-corrected chi connectivity index (χ2v) is 11.6. The molecule has 2 atom stereocenters. The minimum Gasteiger partial charge on any atom is -0.493 e. The first-order valence-corrected chi connectivity index (χ1v) is 15.7. The molecule has 6 rings (SSSR count). The van der Waals surface area contributed by atoms with Gasteiger partial charge in [0.15, 0.2) is 18.1 Å². The zero-order chi connectivity index (χ0) is 33.5. The third kappa shape index (κ3) is 8.24. The van der Waals surface area contributed by atoms with Crippen molar-refractivity contribution in [1.29, 1.82) is 0 Å². The van der Waals surface area contributed by atoms with Crippen molar-refractivity contribution in [2.75, 3.05) is 26.8 Å². The fourth-order valence-electron chi connectivity index (χ4n) is 5.67. The van der Waals surface area contributed by atoms with E-state index >= 15 is 0 Å². The molecule has 2 N–H and O–H groups in total. The van der Waals surface area contributed by atoms with Crippen molar-refractivity contribution in [2.45, 2.75) is 50.8 Å². The molecule has 2 aliphatic rings. The molecule has 4 aromatic rings. The normalized spacial score (nSPS) is 18.6. The summed E-state index contributed by atoms with van der Waals surface area (Å²) in [5, 5.41) is 9.77. The molecule has 13 nitrogen and oxygen atoms in total. The number of aromatic nitrogens is 3. The van der Waals surface area contributed by atoms with E-state index in [1.54, 1.807) is 41.6 Å². The summed E-state index contributed by atoms with van der Waals surface area (Å²) >= 11 is 0. The van der Waals surface area contributed by atoms with Crippen LogP contribution in [0.3, 0.4) is 0 Å². The van der Waals surface area contributed by atoms with E-state index in [1.165, 1.54) is 19.2 Å². The van der Waals surface area contributed by atoms with Crippen LogP contribution in [0, 0.1) is 5.82 Å². The van der Waals surface area contributed by atoms with Gasteiger partial charge in [0.25, 0.3) is 5.91 Å². The molecular formula is C34H35FN6O7. The van der Waals surface area contributed by atoms with Crippen LogP contribution in [-0.4, -0.2) is 76.7 Å². The average molecular weight is 659 g/mol. The number of amides is 3. The molecule has 250 valence electrons. The maximum Gasteiger partial charge on any atom is 0.258 e. The van der Waals surface area contributed by atoms with Gasteiger partial charge in [-0.25, -0.2) is 4.39 Å². The fraction of sp³-hybridized carbons (Fsp3) is 0.353. The summed E-state index contributed by atoms with van der Waals surface area (Å²) in [6.45, 7) is 0.273. The van der Waals surface area contributed by atoms with Crippen LogP contribution in [-0.2, 0) is 33.8 Å². The van der Waals surface area contributed by atoms with Gasteiger partial charge >= 0.3 is 0 Å². The average Bonchev–Trinajstić information content (AvgIpc) is 3.57. The van der Waals surface area contributed by atoms with Gasteiger partial charge in [-0.15, -0.1) is 0 Å². The van der Waals surface area contributed by atoms with Crippen LogP contribution in [0.5, 0.6) is 17.2 Å². The number of methoxy groups -OCH3 is 1. The van der Waals surface area contributed by atoms with Crippen molar-refractivity contribution < 1.29 is 37.5 Å². The van der Waals surface area contributed by atoms with Crippen LogP contribution in [0.2, 0.25) is 0 Å². The van der Waals surface area contributed by atoms with E-state index in [1.807, 2.05) is 12.1 Å². The Kier molecular flexibility index (Phi) is 10.1. The number of carbonyl (C=O) groups is 3. The zero-order valence-electron chi connectivity index (χ0n) is 26.3. The molecule has 1 fully saturated rings. The zero-order valence-corrected chi connectivity index (χ0v) is 26.3. The number of piperidine rings is 1. The third-order valence-electron chi connectivity index (χ3n) is 8.12. The Morgan fingerprint density at radius 3 is 2.83 bits per heavy atom. The number of ether oxygens (including phenoxy) is 3. The first kappa shape index (κ1) is 32.4. The minimum absolute atomic E-state index is 0.110. The molecule has 2 aromatic carbocycles. The lowest BCUT2D eigenvalue weighted by atomic mass is 10.0. The van der Waals surface area contributed by atoms with Crippen molar-refractivity contribution in [2.24, 2.45) is 0 Å². The molecule has 1 saturated heterocycles. The highest BCUT2D eigenvalue weighted by atomic mass is 19.1. The minimum atomic E-state index is -0.641. The predicted octanol–water partition coefficient (Wildman–Crippen LogP) is 3.02. The van der Waals surface area contributed by atoms with E-state index in [9.17, 15) is 18.8 Å². The summed E-state index contributed by atoms with van der Waals surface area (Å²) in [4.78, 5) is 49.2. The van der Waals surface area contributed by atoms with Gasteiger partial charge in [0.1, 0.15) is 17.7 Å². The number of benzene rings is 2. The van der Waals surface area contributed by atoms with Gasteiger partial charge in [0.2, 0.25) is 23.5 Å². The SMILES string of the molecule is COc1ccc2cc1OCC(=O)N[C@@H]1CN(C(=O)CCc3nc(-c4cccnc4)no3)CC[C@H]1Oc1cc(F)cc(c1)CNC(=O)CC2. The molecule has 3 amide bonds. The van der Waals surface area contributed by atoms with Crippen molar-refractivity contribution in [3.05, 3.63) is 83.8 Å². The Balaban J connectivity index is 1.17. The van der Waals surface area contributed by atoms with Crippen molar-refractivity contribution in [3.8, 4) is 28.6 Å². The predicted molar refractivity (Wildman–Crippen MR) is 168 cm³/mol. The Bertz CT molecular complexity index is 1770. The van der Waals surface area contributed by atoms with E-state index in [-0.39, 0.29) is 56.5 Å². The maximum absolute atomic E-state index is 14.6. The number of carbonyl (C=O) groups excluding carboxylic acids is 3. The highest BCUT2D eigenvalue weighted by Gasteiger charge is 2.34. The summed E-state index contributed by atoms with van der Waals surface area (Å²) in [6, 6.07) is 12.5. The first-order valence-electron chi connectivity index (χ1n) is 15.7. The number of nitrogens with one attached hydrogen (secondary N) is 2. The summed E-state index contributed by atoms with van der Waals surface area (Å²) in [7, 11) is 1.50. The Morgan fingerprint density at radius 2 is 2.00 bits per heavy atom. The van der Waals surface area contributed by atoms with Gasteiger partial charge in [-0.2, -0.15) is 4.98 Å². The number of hydrogen-bond acceptors (Lipinski definition) is 10. The van der Waals surface area contributed by atoms with Crippen LogP contribution in [0.1, 0.15) is 36.3 Å². The van der Waals surface area contributed by atoms with Crippen LogP contribution in [0.4, 0.5) is 4.39 Å². The molecule has 0 spiro atoms. The fourth-order valence-corrected chi connectivity index (χ4v) is 5.67. The van der Waals surface area contributed by atoms with E-state index < -0.39 is 23.9 Å². The van der Waals surface area contributed by atoms with Gasteiger partial charge in [-0.3, -0.25) is 19.4 Å². The lowest BCUT2D eigenvalue weighted by Crippen LogP contribution is -2.58. The molecule has 0 radical (unpaired) electrons. The van der Waals surface area contributed by atoms with Crippen LogP contribution >= 0.6 is 0 Å². The van der Waals surface area contributed by atoms with Gasteiger partial charge in [0.05, 0.1) is 13.2 Å². The third-order valence-corrected chi connectivity index (χ3v) is 8.12. The molecule has 48 heavy (non-hydrogen) atoms. The Labute approximate surface area is 275 Å². The number of nitrogens with zero attached hydrogens (tertiary/aromatic N) is 4. The molecule has 2 aromatic heterocycles. The van der Waals surface area contributed by atoms with E-state index in [0.29, 0.717) is 53.7 Å². The Hall–Kier alpha value is -5.53. The topological polar surface area (TPSA) is 158 Å². The quantitative estimate of drug-likeness (QED) is 0.327. The molecule has 4 bridgehead atoms.